The zero-order valence-electron chi connectivity index (χ0n) is 26.0. The molecule has 0 saturated heterocycles. The molecule has 0 bridgehead atoms. The van der Waals surface area contributed by atoms with Crippen LogP contribution < -0.4 is 9.64 Å². The fraction of sp³-hybridized carbons (Fsp3) is 0.297. The first kappa shape index (κ1) is 27.8. The summed E-state index contributed by atoms with van der Waals surface area (Å²) in [6.07, 6.45) is 1.91. The maximum absolute atomic E-state index is 6.62. The fourth-order valence-corrected chi connectivity index (χ4v) is 5.51. The summed E-state index contributed by atoms with van der Waals surface area (Å²) in [6, 6.07) is 27.7. The second-order valence-electron chi connectivity index (χ2n) is 13.4. The molecule has 0 spiro atoms. The highest BCUT2D eigenvalue weighted by atomic mass is 16.5. The SMILES string of the molecule is Cc1nc2n(c1C)CN(c1cccc(Oc3cc(-c4cc(C(C)(C)C)ccn4)cc(C(C)(C)C)c3)c1)c1ccccc1-2. The standard InChI is InChI=1S/C37H40N4O/c1-24-25(2)40-23-41(34-15-10-9-14-32(34)35(40)39-24)29-12-11-13-30(22-29)42-31-19-26(18-28(20-31)37(6,7)8)33-21-27(16-17-38-33)36(3,4)5/h9-22H,23H2,1-8H3. The Balaban J connectivity index is 1.38. The van der Waals surface area contributed by atoms with E-state index in [-0.39, 0.29) is 10.8 Å². The maximum Gasteiger partial charge on any atom is 0.144 e. The van der Waals surface area contributed by atoms with E-state index in [0.717, 1.165) is 51.2 Å². The van der Waals surface area contributed by atoms with Crippen LogP contribution >= 0.6 is 0 Å². The van der Waals surface area contributed by atoms with E-state index >= 15 is 0 Å². The number of benzene rings is 3. The molecule has 1 aliphatic heterocycles. The molecule has 0 atom stereocenters. The highest BCUT2D eigenvalue weighted by molar-refractivity contribution is 5.82. The molecular weight excluding hydrogens is 516 g/mol. The van der Waals surface area contributed by atoms with E-state index in [1.807, 2.05) is 12.3 Å². The zero-order chi connectivity index (χ0) is 29.8. The monoisotopic (exact) mass is 556 g/mol. The molecule has 6 rings (SSSR count). The number of rotatable bonds is 4. The molecule has 1 aliphatic rings. The molecule has 0 saturated carbocycles. The van der Waals surface area contributed by atoms with Gasteiger partial charge >= 0.3 is 0 Å². The fourth-order valence-electron chi connectivity index (χ4n) is 5.51. The molecule has 42 heavy (non-hydrogen) atoms. The predicted octanol–water partition coefficient (Wildman–Crippen LogP) is 9.73. The zero-order valence-corrected chi connectivity index (χ0v) is 26.0. The van der Waals surface area contributed by atoms with Crippen LogP contribution in [0, 0.1) is 13.8 Å². The van der Waals surface area contributed by atoms with Crippen LogP contribution in [0.4, 0.5) is 11.4 Å². The topological polar surface area (TPSA) is 43.2 Å². The summed E-state index contributed by atoms with van der Waals surface area (Å²) in [5.74, 6) is 2.63. The van der Waals surface area contributed by atoms with Crippen molar-refractivity contribution < 1.29 is 4.74 Å². The third-order valence-electron chi connectivity index (χ3n) is 8.24. The molecule has 0 unspecified atom stereocenters. The molecule has 5 heteroatoms. The van der Waals surface area contributed by atoms with Crippen LogP contribution in [0.15, 0.2) is 85.1 Å². The van der Waals surface area contributed by atoms with Crippen LogP contribution in [0.1, 0.15) is 64.1 Å². The van der Waals surface area contributed by atoms with Gasteiger partial charge in [-0.1, -0.05) is 59.7 Å². The first-order chi connectivity index (χ1) is 19.9. The van der Waals surface area contributed by atoms with Crippen molar-refractivity contribution >= 4 is 11.4 Å². The highest BCUT2D eigenvalue weighted by Gasteiger charge is 2.26. The minimum absolute atomic E-state index is 0.0425. The molecule has 0 radical (unpaired) electrons. The van der Waals surface area contributed by atoms with Gasteiger partial charge in [-0.3, -0.25) is 4.98 Å². The minimum atomic E-state index is -0.0480. The number of pyridine rings is 1. The van der Waals surface area contributed by atoms with Crippen molar-refractivity contribution in [1.29, 1.82) is 0 Å². The van der Waals surface area contributed by atoms with Crippen molar-refractivity contribution in [2.45, 2.75) is 72.9 Å². The average Bonchev–Trinajstić information content (AvgIpc) is 3.25. The van der Waals surface area contributed by atoms with E-state index < -0.39 is 0 Å². The molecule has 0 amide bonds. The van der Waals surface area contributed by atoms with Crippen LogP contribution in [-0.2, 0) is 17.5 Å². The van der Waals surface area contributed by atoms with Crippen molar-refractivity contribution in [1.82, 2.24) is 14.5 Å². The van der Waals surface area contributed by atoms with E-state index in [2.05, 4.69) is 138 Å². The smallest absolute Gasteiger partial charge is 0.144 e. The number of anilines is 2. The van der Waals surface area contributed by atoms with Gasteiger partial charge in [-0.15, -0.1) is 0 Å². The lowest BCUT2D eigenvalue weighted by Gasteiger charge is -2.33. The summed E-state index contributed by atoms with van der Waals surface area (Å²) >= 11 is 0. The first-order valence-electron chi connectivity index (χ1n) is 14.7. The number of hydrogen-bond donors (Lipinski definition) is 0. The van der Waals surface area contributed by atoms with Gasteiger partial charge in [0.1, 0.15) is 24.0 Å². The molecule has 0 N–H and O–H groups in total. The van der Waals surface area contributed by atoms with E-state index in [1.54, 1.807) is 0 Å². The Kier molecular flexibility index (Phi) is 6.72. The van der Waals surface area contributed by atoms with E-state index in [0.29, 0.717) is 6.67 Å². The number of aromatic nitrogens is 3. The average molecular weight is 557 g/mol. The largest absolute Gasteiger partial charge is 0.457 e. The molecule has 0 fully saturated rings. The molecule has 5 aromatic rings. The summed E-state index contributed by atoms with van der Waals surface area (Å²) in [4.78, 5) is 12.0. The molecule has 3 aromatic carbocycles. The lowest BCUT2D eigenvalue weighted by Crippen LogP contribution is -2.26. The number of ether oxygens (including phenoxy) is 1. The summed E-state index contributed by atoms with van der Waals surface area (Å²) in [7, 11) is 0. The summed E-state index contributed by atoms with van der Waals surface area (Å²) < 4.78 is 8.91. The van der Waals surface area contributed by atoms with Crippen LogP contribution in [0.3, 0.4) is 0 Å². The lowest BCUT2D eigenvalue weighted by atomic mass is 9.84. The number of fused-ring (bicyclic) bond motifs is 3. The minimum Gasteiger partial charge on any atom is -0.457 e. The normalized spacial score (nSPS) is 13.1. The van der Waals surface area contributed by atoms with E-state index in [9.17, 15) is 0 Å². The van der Waals surface area contributed by atoms with Crippen molar-refractivity contribution in [3.8, 4) is 34.1 Å². The Morgan fingerprint density at radius 1 is 0.738 bits per heavy atom. The predicted molar refractivity (Wildman–Crippen MR) is 173 cm³/mol. The van der Waals surface area contributed by atoms with Crippen LogP contribution in [0.2, 0.25) is 0 Å². The van der Waals surface area contributed by atoms with Crippen molar-refractivity contribution in [3.63, 3.8) is 0 Å². The number of nitrogens with zero attached hydrogens (tertiary/aromatic N) is 4. The summed E-state index contributed by atoms with van der Waals surface area (Å²) in [5, 5.41) is 0. The molecular formula is C37H40N4O. The molecule has 0 aliphatic carbocycles. The van der Waals surface area contributed by atoms with E-state index in [1.165, 1.54) is 16.8 Å². The van der Waals surface area contributed by atoms with Crippen LogP contribution in [-0.4, -0.2) is 14.5 Å². The number of para-hydroxylation sites is 1. The van der Waals surface area contributed by atoms with Gasteiger partial charge in [-0.25, -0.2) is 4.98 Å². The maximum atomic E-state index is 6.62. The van der Waals surface area contributed by atoms with Gasteiger partial charge in [-0.2, -0.15) is 0 Å². The van der Waals surface area contributed by atoms with Gasteiger partial charge in [0.15, 0.2) is 0 Å². The van der Waals surface area contributed by atoms with Crippen molar-refractivity contribution in [3.05, 3.63) is 108 Å². The number of aryl methyl sites for hydroxylation is 1. The Labute approximate surface area is 249 Å². The first-order valence-corrected chi connectivity index (χ1v) is 14.7. The van der Waals surface area contributed by atoms with E-state index in [4.69, 9.17) is 14.7 Å². The Morgan fingerprint density at radius 3 is 2.26 bits per heavy atom. The van der Waals surface area contributed by atoms with Gasteiger partial charge < -0.3 is 14.2 Å². The van der Waals surface area contributed by atoms with Gasteiger partial charge in [0, 0.05) is 34.8 Å². The van der Waals surface area contributed by atoms with Gasteiger partial charge in [-0.05, 0) is 90.4 Å². The second-order valence-corrected chi connectivity index (χ2v) is 13.4. The number of hydrogen-bond acceptors (Lipinski definition) is 4. The van der Waals surface area contributed by atoms with Gasteiger partial charge in [0.25, 0.3) is 0 Å². The van der Waals surface area contributed by atoms with Crippen LogP contribution in [0.25, 0.3) is 22.6 Å². The Morgan fingerprint density at radius 2 is 1.50 bits per heavy atom. The van der Waals surface area contributed by atoms with Gasteiger partial charge in [0.05, 0.1) is 17.1 Å². The van der Waals surface area contributed by atoms with Gasteiger partial charge in [0.2, 0.25) is 0 Å². The third kappa shape index (κ3) is 5.20. The quantitative estimate of drug-likeness (QED) is 0.221. The Bertz CT molecular complexity index is 1780. The second kappa shape index (κ2) is 10.2. The van der Waals surface area contributed by atoms with Crippen LogP contribution in [0.5, 0.6) is 11.5 Å². The molecule has 2 aromatic heterocycles. The van der Waals surface area contributed by atoms with Crippen molar-refractivity contribution in [2.75, 3.05) is 4.90 Å². The molecule has 3 heterocycles. The Hall–Kier alpha value is -4.38. The number of imidazole rings is 1. The summed E-state index contributed by atoms with van der Waals surface area (Å²) in [6.45, 7) is 18.3. The highest BCUT2D eigenvalue weighted by Crippen LogP contribution is 2.42. The third-order valence-corrected chi connectivity index (χ3v) is 8.24. The van der Waals surface area contributed by atoms with Crippen molar-refractivity contribution in [2.24, 2.45) is 0 Å². The molecule has 214 valence electrons. The summed E-state index contributed by atoms with van der Waals surface area (Å²) in [5.41, 5.74) is 10.1. The molecule has 5 nitrogen and oxygen atoms in total. The lowest BCUT2D eigenvalue weighted by molar-refractivity contribution is 0.478.